The highest BCUT2D eigenvalue weighted by Crippen LogP contribution is 2.25. The average molecular weight is 341 g/mol. The lowest BCUT2D eigenvalue weighted by Crippen LogP contribution is -2.38. The summed E-state index contributed by atoms with van der Waals surface area (Å²) in [5.74, 6) is -0.363. The molecule has 25 heavy (non-hydrogen) atoms. The Morgan fingerprint density at radius 1 is 1.20 bits per heavy atom. The average Bonchev–Trinajstić information content (AvgIpc) is 3.08. The van der Waals surface area contributed by atoms with Crippen LogP contribution in [0.15, 0.2) is 34.9 Å². The Morgan fingerprint density at radius 2 is 1.92 bits per heavy atom. The maximum absolute atomic E-state index is 12.9. The fourth-order valence-electron chi connectivity index (χ4n) is 3.26. The van der Waals surface area contributed by atoms with Crippen LogP contribution in [0.25, 0.3) is 0 Å². The number of nitrogens with one attached hydrogen (secondary N) is 1. The first kappa shape index (κ1) is 17.2. The third kappa shape index (κ3) is 3.90. The van der Waals surface area contributed by atoms with Gasteiger partial charge in [0.05, 0.1) is 16.9 Å². The molecule has 6 nitrogen and oxygen atoms in total. The lowest BCUT2D eigenvalue weighted by molar-refractivity contribution is 0.0697. The zero-order valence-electron chi connectivity index (χ0n) is 14.6. The van der Waals surface area contributed by atoms with Gasteiger partial charge in [-0.25, -0.2) is 0 Å². The predicted molar refractivity (Wildman–Crippen MR) is 94.6 cm³/mol. The molecule has 0 aliphatic heterocycles. The molecule has 0 unspecified atom stereocenters. The van der Waals surface area contributed by atoms with E-state index in [9.17, 15) is 9.59 Å². The van der Waals surface area contributed by atoms with Gasteiger partial charge < -0.3 is 14.7 Å². The molecule has 0 radical (unpaired) electrons. The minimum Gasteiger partial charge on any atom is -0.351 e. The molecular weight excluding hydrogens is 318 g/mol. The quantitative estimate of drug-likeness (QED) is 0.921. The maximum Gasteiger partial charge on any atom is 0.294 e. The molecular formula is C19H23N3O3. The summed E-state index contributed by atoms with van der Waals surface area (Å²) < 4.78 is 4.98. The molecule has 1 aliphatic rings. The molecule has 1 aromatic carbocycles. The van der Waals surface area contributed by atoms with Gasteiger partial charge in [-0.2, -0.15) is 0 Å². The summed E-state index contributed by atoms with van der Waals surface area (Å²) in [7, 11) is 1.84. The first-order valence-corrected chi connectivity index (χ1v) is 8.67. The standard InChI is InChI=1S/C19H23N3O3/c1-13-12-17(25-21-13)18(23)20-16-11-7-6-10-15(16)19(24)22(2)14-8-4-3-5-9-14/h6-7,10-12,14H,3-5,8-9H2,1-2H3,(H,20,23). The molecule has 2 aromatic rings. The predicted octanol–water partition coefficient (Wildman–Crippen LogP) is 3.64. The zero-order valence-corrected chi connectivity index (χ0v) is 14.6. The van der Waals surface area contributed by atoms with Crippen molar-refractivity contribution < 1.29 is 14.1 Å². The van der Waals surface area contributed by atoms with E-state index in [1.54, 1.807) is 37.3 Å². The third-order valence-corrected chi connectivity index (χ3v) is 4.70. The molecule has 132 valence electrons. The first-order chi connectivity index (χ1) is 12.1. The number of aryl methyl sites for hydroxylation is 1. The maximum atomic E-state index is 12.9. The molecule has 1 saturated carbocycles. The van der Waals surface area contributed by atoms with Crippen LogP contribution in [0, 0.1) is 6.92 Å². The van der Waals surface area contributed by atoms with E-state index in [1.165, 1.54) is 6.42 Å². The highest BCUT2D eigenvalue weighted by atomic mass is 16.5. The Morgan fingerprint density at radius 3 is 2.60 bits per heavy atom. The fourth-order valence-corrected chi connectivity index (χ4v) is 3.26. The lowest BCUT2D eigenvalue weighted by Gasteiger charge is -2.31. The SMILES string of the molecule is Cc1cc(C(=O)Nc2ccccc2C(=O)N(C)C2CCCCC2)on1. The Hall–Kier alpha value is -2.63. The van der Waals surface area contributed by atoms with E-state index >= 15 is 0 Å². The number of hydrogen-bond donors (Lipinski definition) is 1. The number of carbonyl (C=O) groups excluding carboxylic acids is 2. The van der Waals surface area contributed by atoms with Crippen LogP contribution in [-0.2, 0) is 0 Å². The minimum atomic E-state index is -0.416. The molecule has 1 fully saturated rings. The first-order valence-electron chi connectivity index (χ1n) is 8.67. The van der Waals surface area contributed by atoms with Gasteiger partial charge in [-0.1, -0.05) is 36.6 Å². The molecule has 1 heterocycles. The van der Waals surface area contributed by atoms with Crippen LogP contribution in [0.4, 0.5) is 5.69 Å². The number of para-hydroxylation sites is 1. The van der Waals surface area contributed by atoms with Crippen LogP contribution in [0.1, 0.15) is 58.7 Å². The van der Waals surface area contributed by atoms with E-state index < -0.39 is 5.91 Å². The molecule has 0 atom stereocenters. The molecule has 3 rings (SSSR count). The van der Waals surface area contributed by atoms with Crippen LogP contribution in [0.3, 0.4) is 0 Å². The van der Waals surface area contributed by atoms with Crippen LogP contribution in [0.2, 0.25) is 0 Å². The van der Waals surface area contributed by atoms with E-state index in [0.29, 0.717) is 16.9 Å². The van der Waals surface area contributed by atoms with Crippen LogP contribution < -0.4 is 5.32 Å². The number of amides is 2. The smallest absolute Gasteiger partial charge is 0.294 e. The second-order valence-electron chi connectivity index (χ2n) is 6.54. The van der Waals surface area contributed by atoms with Crippen LogP contribution in [-0.4, -0.2) is 35.0 Å². The van der Waals surface area contributed by atoms with Gasteiger partial charge in [0, 0.05) is 19.2 Å². The van der Waals surface area contributed by atoms with Crippen LogP contribution in [0.5, 0.6) is 0 Å². The Labute approximate surface area is 147 Å². The number of carbonyl (C=O) groups is 2. The van der Waals surface area contributed by atoms with Crippen molar-refractivity contribution in [1.82, 2.24) is 10.1 Å². The van der Waals surface area contributed by atoms with E-state index in [4.69, 9.17) is 4.52 Å². The summed E-state index contributed by atoms with van der Waals surface area (Å²) in [5, 5.41) is 6.47. The van der Waals surface area contributed by atoms with Crippen molar-refractivity contribution >= 4 is 17.5 Å². The lowest BCUT2D eigenvalue weighted by atomic mass is 9.94. The van der Waals surface area contributed by atoms with Gasteiger partial charge in [0.15, 0.2) is 0 Å². The van der Waals surface area contributed by atoms with Crippen molar-refractivity contribution in [1.29, 1.82) is 0 Å². The molecule has 6 heteroatoms. The topological polar surface area (TPSA) is 75.4 Å². The van der Waals surface area contributed by atoms with Crippen molar-refractivity contribution in [3.05, 3.63) is 47.3 Å². The summed E-state index contributed by atoms with van der Waals surface area (Å²) >= 11 is 0. The van der Waals surface area contributed by atoms with Crippen molar-refractivity contribution in [2.45, 2.75) is 45.1 Å². The van der Waals surface area contributed by atoms with E-state index in [0.717, 1.165) is 25.7 Å². The van der Waals surface area contributed by atoms with Gasteiger partial charge in [0.2, 0.25) is 5.76 Å². The third-order valence-electron chi connectivity index (χ3n) is 4.70. The Bertz CT molecular complexity index is 763. The second kappa shape index (κ2) is 7.51. The highest BCUT2D eigenvalue weighted by molar-refractivity contribution is 6.07. The van der Waals surface area contributed by atoms with E-state index in [1.807, 2.05) is 11.9 Å². The molecule has 1 aromatic heterocycles. The van der Waals surface area contributed by atoms with Gasteiger partial charge in [0.1, 0.15) is 0 Å². The van der Waals surface area contributed by atoms with Crippen molar-refractivity contribution in [3.8, 4) is 0 Å². The normalized spacial score (nSPS) is 15.0. The second-order valence-corrected chi connectivity index (χ2v) is 6.54. The molecule has 1 aliphatic carbocycles. The number of hydrogen-bond acceptors (Lipinski definition) is 4. The monoisotopic (exact) mass is 341 g/mol. The fraction of sp³-hybridized carbons (Fsp3) is 0.421. The Balaban J connectivity index is 1.78. The van der Waals surface area contributed by atoms with E-state index in [2.05, 4.69) is 10.5 Å². The summed E-state index contributed by atoms with van der Waals surface area (Å²) in [4.78, 5) is 27.0. The van der Waals surface area contributed by atoms with Gasteiger partial charge in [-0.3, -0.25) is 9.59 Å². The van der Waals surface area contributed by atoms with Gasteiger partial charge in [-0.05, 0) is 31.9 Å². The van der Waals surface area contributed by atoms with E-state index in [-0.39, 0.29) is 17.7 Å². The van der Waals surface area contributed by atoms with Gasteiger partial charge >= 0.3 is 0 Å². The summed E-state index contributed by atoms with van der Waals surface area (Å²) in [6.07, 6.45) is 5.63. The van der Waals surface area contributed by atoms with Crippen LogP contribution >= 0.6 is 0 Å². The number of anilines is 1. The summed E-state index contributed by atoms with van der Waals surface area (Å²) in [6, 6.07) is 8.89. The number of aromatic nitrogens is 1. The molecule has 0 bridgehead atoms. The minimum absolute atomic E-state index is 0.0726. The van der Waals surface area contributed by atoms with Crippen molar-refractivity contribution in [3.63, 3.8) is 0 Å². The molecule has 2 amide bonds. The highest BCUT2D eigenvalue weighted by Gasteiger charge is 2.25. The number of nitrogens with zero attached hydrogens (tertiary/aromatic N) is 2. The zero-order chi connectivity index (χ0) is 17.8. The summed E-state index contributed by atoms with van der Waals surface area (Å²) in [5.41, 5.74) is 1.60. The number of rotatable bonds is 4. The molecule has 0 spiro atoms. The number of benzene rings is 1. The van der Waals surface area contributed by atoms with Crippen molar-refractivity contribution in [2.24, 2.45) is 0 Å². The molecule has 0 saturated heterocycles. The summed E-state index contributed by atoms with van der Waals surface area (Å²) in [6.45, 7) is 1.75. The molecule has 1 N–H and O–H groups in total. The van der Waals surface area contributed by atoms with Crippen molar-refractivity contribution in [2.75, 3.05) is 12.4 Å². The largest absolute Gasteiger partial charge is 0.351 e. The Kier molecular flexibility index (Phi) is 5.16. The van der Waals surface area contributed by atoms with Gasteiger partial charge in [-0.15, -0.1) is 0 Å². The van der Waals surface area contributed by atoms with Gasteiger partial charge in [0.25, 0.3) is 11.8 Å².